The Morgan fingerprint density at radius 1 is 1.40 bits per heavy atom. The maximum atomic E-state index is 11.6. The fraction of sp³-hybridized carbons (Fsp3) is 0.429. The summed E-state index contributed by atoms with van der Waals surface area (Å²) in [7, 11) is 0. The van der Waals surface area contributed by atoms with E-state index in [4.69, 9.17) is 10.5 Å². The first-order chi connectivity index (χ1) is 9.52. The van der Waals surface area contributed by atoms with Gasteiger partial charge in [0.05, 0.1) is 12.6 Å². The zero-order valence-electron chi connectivity index (χ0n) is 11.8. The largest absolute Gasteiger partial charge is 0.370 e. The molecule has 0 heterocycles. The van der Waals surface area contributed by atoms with Crippen molar-refractivity contribution in [1.29, 1.82) is 0 Å². The van der Waals surface area contributed by atoms with Crippen molar-refractivity contribution >= 4 is 17.5 Å². The Labute approximate surface area is 118 Å². The number of hydrogen-bond acceptors (Lipinski definition) is 4. The minimum Gasteiger partial charge on any atom is -0.370 e. The zero-order chi connectivity index (χ0) is 15.0. The van der Waals surface area contributed by atoms with E-state index in [9.17, 15) is 9.59 Å². The Hall–Kier alpha value is -1.92. The lowest BCUT2D eigenvalue weighted by Gasteiger charge is -2.15. The topological polar surface area (TPSA) is 93.5 Å². The van der Waals surface area contributed by atoms with Crippen molar-refractivity contribution in [2.75, 3.05) is 25.1 Å². The quantitative estimate of drug-likeness (QED) is 0.643. The second kappa shape index (κ2) is 8.29. The number of nitrogens with one attached hydrogen (secondary N) is 2. The van der Waals surface area contributed by atoms with E-state index in [2.05, 4.69) is 10.6 Å². The molecule has 110 valence electrons. The molecule has 0 aliphatic rings. The number of benzene rings is 1. The first-order valence-electron chi connectivity index (χ1n) is 6.47. The van der Waals surface area contributed by atoms with Gasteiger partial charge in [0.2, 0.25) is 11.8 Å². The number of nitrogens with two attached hydrogens (primary N) is 1. The van der Waals surface area contributed by atoms with E-state index in [1.807, 2.05) is 25.1 Å². The van der Waals surface area contributed by atoms with Crippen molar-refractivity contribution in [3.8, 4) is 0 Å². The Morgan fingerprint density at radius 2 is 2.15 bits per heavy atom. The lowest BCUT2D eigenvalue weighted by Crippen LogP contribution is -2.30. The molecule has 6 heteroatoms. The molecule has 0 radical (unpaired) electrons. The number of anilines is 1. The van der Waals surface area contributed by atoms with Crippen LogP contribution in [-0.4, -0.2) is 31.6 Å². The molecule has 0 fully saturated rings. The molecule has 4 N–H and O–H groups in total. The Kier molecular flexibility index (Phi) is 6.69. The molecule has 20 heavy (non-hydrogen) atoms. The molecule has 0 aromatic heterocycles. The molecule has 0 spiro atoms. The van der Waals surface area contributed by atoms with Crippen LogP contribution in [0.25, 0.3) is 0 Å². The minimum atomic E-state index is -0.198. The van der Waals surface area contributed by atoms with Gasteiger partial charge in [-0.2, -0.15) is 0 Å². The van der Waals surface area contributed by atoms with Gasteiger partial charge in [0.25, 0.3) is 0 Å². The van der Waals surface area contributed by atoms with Crippen molar-refractivity contribution in [2.24, 2.45) is 5.73 Å². The molecule has 1 unspecified atom stereocenters. The van der Waals surface area contributed by atoms with E-state index >= 15 is 0 Å². The summed E-state index contributed by atoms with van der Waals surface area (Å²) in [4.78, 5) is 22.6. The van der Waals surface area contributed by atoms with E-state index in [0.29, 0.717) is 18.8 Å². The number of rotatable bonds is 7. The third-order valence-electron chi connectivity index (χ3n) is 2.58. The highest BCUT2D eigenvalue weighted by atomic mass is 16.5. The van der Waals surface area contributed by atoms with Gasteiger partial charge in [-0.05, 0) is 24.6 Å². The third-order valence-corrected chi connectivity index (χ3v) is 2.58. The van der Waals surface area contributed by atoms with E-state index in [1.54, 1.807) is 6.07 Å². The second-order valence-corrected chi connectivity index (χ2v) is 4.44. The predicted molar refractivity (Wildman–Crippen MR) is 77.2 cm³/mol. The maximum absolute atomic E-state index is 11.6. The van der Waals surface area contributed by atoms with Crippen LogP contribution in [0.5, 0.6) is 0 Å². The van der Waals surface area contributed by atoms with Gasteiger partial charge in [0.15, 0.2) is 0 Å². The normalized spacial score (nSPS) is 11.8. The van der Waals surface area contributed by atoms with E-state index in [1.165, 1.54) is 6.92 Å². The molecule has 0 aliphatic carbocycles. The number of amides is 2. The van der Waals surface area contributed by atoms with Crippen LogP contribution in [0.2, 0.25) is 0 Å². The van der Waals surface area contributed by atoms with Crippen LogP contribution in [-0.2, 0) is 14.3 Å². The van der Waals surface area contributed by atoms with Crippen LogP contribution in [0.3, 0.4) is 0 Å². The van der Waals surface area contributed by atoms with Crippen molar-refractivity contribution in [2.45, 2.75) is 19.9 Å². The molecule has 1 aromatic carbocycles. The fourth-order valence-corrected chi connectivity index (χ4v) is 1.70. The van der Waals surface area contributed by atoms with Crippen LogP contribution in [0, 0.1) is 0 Å². The highest BCUT2D eigenvalue weighted by Crippen LogP contribution is 2.17. The van der Waals surface area contributed by atoms with E-state index < -0.39 is 0 Å². The summed E-state index contributed by atoms with van der Waals surface area (Å²) in [6, 6.07) is 7.17. The van der Waals surface area contributed by atoms with Gasteiger partial charge in [-0.25, -0.2) is 0 Å². The fourth-order valence-electron chi connectivity index (χ4n) is 1.70. The Balaban J connectivity index is 2.56. The first-order valence-corrected chi connectivity index (χ1v) is 6.47. The average Bonchev–Trinajstić information content (AvgIpc) is 2.38. The number of carbonyl (C=O) groups excluding carboxylic acids is 2. The van der Waals surface area contributed by atoms with Gasteiger partial charge >= 0.3 is 0 Å². The van der Waals surface area contributed by atoms with Gasteiger partial charge in [-0.15, -0.1) is 0 Å². The standard InChI is InChI=1S/C14H21N3O3/c1-10(16-14(19)9-20-7-6-15)12-4-3-5-13(8-12)17-11(2)18/h3-5,8,10H,6-7,9,15H2,1-2H3,(H,16,19)(H,17,18). The van der Waals surface area contributed by atoms with Crippen LogP contribution >= 0.6 is 0 Å². The summed E-state index contributed by atoms with van der Waals surface area (Å²) >= 11 is 0. The summed E-state index contributed by atoms with van der Waals surface area (Å²) in [5, 5.41) is 5.52. The average molecular weight is 279 g/mol. The molecule has 0 bridgehead atoms. The van der Waals surface area contributed by atoms with Gasteiger partial charge in [0.1, 0.15) is 6.61 Å². The Bertz CT molecular complexity index is 463. The van der Waals surface area contributed by atoms with E-state index in [-0.39, 0.29) is 24.5 Å². The number of hydrogen-bond donors (Lipinski definition) is 3. The van der Waals surface area contributed by atoms with Crippen LogP contribution < -0.4 is 16.4 Å². The first kappa shape index (κ1) is 16.1. The maximum Gasteiger partial charge on any atom is 0.246 e. The molecule has 1 atom stereocenters. The summed E-state index contributed by atoms with van der Waals surface area (Å²) in [5.41, 5.74) is 6.88. The molecule has 0 saturated carbocycles. The molecule has 6 nitrogen and oxygen atoms in total. The van der Waals surface area contributed by atoms with Crippen molar-refractivity contribution in [3.63, 3.8) is 0 Å². The van der Waals surface area contributed by atoms with Crippen molar-refractivity contribution < 1.29 is 14.3 Å². The van der Waals surface area contributed by atoms with Crippen molar-refractivity contribution in [1.82, 2.24) is 5.32 Å². The lowest BCUT2D eigenvalue weighted by atomic mass is 10.1. The van der Waals surface area contributed by atoms with Gasteiger partial charge in [0, 0.05) is 19.2 Å². The monoisotopic (exact) mass is 279 g/mol. The molecule has 0 saturated heterocycles. The highest BCUT2D eigenvalue weighted by molar-refractivity contribution is 5.88. The molecular formula is C14H21N3O3. The van der Waals surface area contributed by atoms with Crippen molar-refractivity contribution in [3.05, 3.63) is 29.8 Å². The molecule has 1 aromatic rings. The number of ether oxygens (including phenoxy) is 1. The highest BCUT2D eigenvalue weighted by Gasteiger charge is 2.10. The van der Waals surface area contributed by atoms with Gasteiger partial charge < -0.3 is 21.1 Å². The minimum absolute atomic E-state index is 0.00702. The summed E-state index contributed by atoms with van der Waals surface area (Å²) in [5.74, 6) is -0.329. The van der Waals surface area contributed by atoms with Crippen LogP contribution in [0.1, 0.15) is 25.5 Å². The molecule has 1 rings (SSSR count). The van der Waals surface area contributed by atoms with Gasteiger partial charge in [-0.3, -0.25) is 9.59 Å². The van der Waals surface area contributed by atoms with Gasteiger partial charge in [-0.1, -0.05) is 12.1 Å². The summed E-state index contributed by atoms with van der Waals surface area (Å²) in [6.07, 6.45) is 0. The SMILES string of the molecule is CC(=O)Nc1cccc(C(C)NC(=O)COCCN)c1. The molecule has 2 amide bonds. The van der Waals surface area contributed by atoms with Crippen LogP contribution in [0.4, 0.5) is 5.69 Å². The smallest absolute Gasteiger partial charge is 0.246 e. The zero-order valence-corrected chi connectivity index (χ0v) is 11.8. The Morgan fingerprint density at radius 3 is 2.80 bits per heavy atom. The lowest BCUT2D eigenvalue weighted by molar-refractivity contribution is -0.126. The second-order valence-electron chi connectivity index (χ2n) is 4.44. The predicted octanol–water partition coefficient (Wildman–Crippen LogP) is 0.797. The number of carbonyl (C=O) groups is 2. The van der Waals surface area contributed by atoms with E-state index in [0.717, 1.165) is 5.56 Å². The molecular weight excluding hydrogens is 258 g/mol. The third kappa shape index (κ3) is 5.81. The van der Waals surface area contributed by atoms with Crippen LogP contribution in [0.15, 0.2) is 24.3 Å². The molecule has 0 aliphatic heterocycles. The summed E-state index contributed by atoms with van der Waals surface area (Å²) < 4.78 is 5.06. The summed E-state index contributed by atoms with van der Waals surface area (Å²) in [6.45, 7) is 4.06.